The third-order valence-corrected chi connectivity index (χ3v) is 7.24. The van der Waals surface area contributed by atoms with Gasteiger partial charge in [-0.15, -0.1) is 0 Å². The van der Waals surface area contributed by atoms with Crippen LogP contribution >= 0.6 is 0 Å². The number of fused-ring (bicyclic) bond motifs is 2. The van der Waals surface area contributed by atoms with E-state index >= 15 is 0 Å². The van der Waals surface area contributed by atoms with E-state index in [1.165, 1.54) is 0 Å². The molecule has 0 saturated carbocycles. The van der Waals surface area contributed by atoms with Crippen LogP contribution in [-0.2, 0) is 11.3 Å². The summed E-state index contributed by atoms with van der Waals surface area (Å²) in [7, 11) is 3.47. The maximum Gasteiger partial charge on any atom is 0.258 e. The van der Waals surface area contributed by atoms with Gasteiger partial charge in [0.1, 0.15) is 11.6 Å². The molecule has 4 aromatic carbocycles. The van der Waals surface area contributed by atoms with Crippen molar-refractivity contribution >= 4 is 33.3 Å². The highest BCUT2D eigenvalue weighted by Crippen LogP contribution is 2.34. The number of carbonyl (C=O) groups excluding carboxylic acids is 1. The maximum absolute atomic E-state index is 13.7. The minimum absolute atomic E-state index is 0.109. The molecule has 8 nitrogen and oxygen atoms in total. The number of carbonyl (C=O) groups is 1. The molecule has 1 aromatic heterocycles. The van der Waals surface area contributed by atoms with Crippen molar-refractivity contribution in [2.45, 2.75) is 19.0 Å². The van der Waals surface area contributed by atoms with Crippen LogP contribution in [0.5, 0.6) is 5.75 Å². The lowest BCUT2D eigenvalue weighted by Crippen LogP contribution is -2.36. The summed E-state index contributed by atoms with van der Waals surface area (Å²) in [4.78, 5) is 35.4. The van der Waals surface area contributed by atoms with Crippen LogP contribution in [0, 0.1) is 0 Å². The second kappa shape index (κ2) is 10.7. The molecule has 1 amide bonds. The summed E-state index contributed by atoms with van der Waals surface area (Å²) in [6, 6.07) is 29.2. The highest BCUT2D eigenvalue weighted by atomic mass is 16.5. The third-order valence-electron chi connectivity index (χ3n) is 7.24. The summed E-state index contributed by atoms with van der Waals surface area (Å²) < 4.78 is 5.33. The molecule has 0 saturated heterocycles. The second-order valence-electron chi connectivity index (χ2n) is 10.0. The normalized spacial score (nSPS) is 15.1. The van der Waals surface area contributed by atoms with Gasteiger partial charge in [-0.1, -0.05) is 60.7 Å². The molecule has 40 heavy (non-hydrogen) atoms. The van der Waals surface area contributed by atoms with Gasteiger partial charge >= 0.3 is 0 Å². The van der Waals surface area contributed by atoms with Crippen LogP contribution in [0.25, 0.3) is 21.7 Å². The fraction of sp³-hybridized carbons (Fsp3) is 0.188. The molecule has 1 N–H and O–H groups in total. The van der Waals surface area contributed by atoms with Gasteiger partial charge in [-0.2, -0.15) is 5.10 Å². The van der Waals surface area contributed by atoms with Crippen LogP contribution in [0.2, 0.25) is 0 Å². The summed E-state index contributed by atoms with van der Waals surface area (Å²) in [6.07, 6.45) is 0.597. The molecular weight excluding hydrogens is 502 g/mol. The molecule has 0 spiro atoms. The molecule has 1 atom stereocenters. The van der Waals surface area contributed by atoms with Gasteiger partial charge in [0.05, 0.1) is 42.9 Å². The standard InChI is InChI=1S/C32H29N5O3/c1-36(19-30-33-27-10-6-5-9-26(27)32(39)34-30)20-31(38)37-29(22-13-15-25(40-2)16-14-22)18-28(35-37)24-12-11-21-7-3-4-8-23(21)17-24/h3-17,29H,18-20H2,1-2H3,(H,33,34,39). The van der Waals surface area contributed by atoms with Crippen LogP contribution in [0.3, 0.4) is 0 Å². The van der Waals surface area contributed by atoms with Crippen molar-refractivity contribution in [3.05, 3.63) is 118 Å². The zero-order valence-electron chi connectivity index (χ0n) is 22.4. The van der Waals surface area contributed by atoms with Crippen LogP contribution in [0.1, 0.15) is 29.4 Å². The van der Waals surface area contributed by atoms with Gasteiger partial charge in [0, 0.05) is 6.42 Å². The Labute approximate surface area is 231 Å². The van der Waals surface area contributed by atoms with Crippen LogP contribution < -0.4 is 10.3 Å². The van der Waals surface area contributed by atoms with Gasteiger partial charge in [-0.3, -0.25) is 14.5 Å². The molecule has 1 aliphatic heterocycles. The summed E-state index contributed by atoms with van der Waals surface area (Å²) in [5.41, 5.74) is 3.28. The number of rotatable bonds is 7. The summed E-state index contributed by atoms with van der Waals surface area (Å²) in [5, 5.41) is 9.28. The highest BCUT2D eigenvalue weighted by Gasteiger charge is 2.33. The molecule has 1 aliphatic rings. The average molecular weight is 532 g/mol. The van der Waals surface area contributed by atoms with Crippen molar-refractivity contribution in [1.82, 2.24) is 19.9 Å². The number of aromatic nitrogens is 2. The molecule has 200 valence electrons. The number of aromatic amines is 1. The van der Waals surface area contributed by atoms with E-state index in [2.05, 4.69) is 40.3 Å². The molecule has 0 aliphatic carbocycles. The number of ether oxygens (including phenoxy) is 1. The van der Waals surface area contributed by atoms with E-state index in [9.17, 15) is 9.59 Å². The average Bonchev–Trinajstić information content (AvgIpc) is 3.43. The molecule has 6 rings (SSSR count). The molecule has 8 heteroatoms. The zero-order valence-corrected chi connectivity index (χ0v) is 22.4. The monoisotopic (exact) mass is 531 g/mol. The lowest BCUT2D eigenvalue weighted by Gasteiger charge is -2.24. The minimum Gasteiger partial charge on any atom is -0.497 e. The van der Waals surface area contributed by atoms with Gasteiger partial charge < -0.3 is 9.72 Å². The van der Waals surface area contributed by atoms with Gasteiger partial charge in [-0.25, -0.2) is 9.99 Å². The van der Waals surface area contributed by atoms with Crippen molar-refractivity contribution in [3.63, 3.8) is 0 Å². The number of methoxy groups -OCH3 is 1. The predicted molar refractivity (Wildman–Crippen MR) is 156 cm³/mol. The first-order valence-corrected chi connectivity index (χ1v) is 13.2. The first kappa shape index (κ1) is 25.5. The topological polar surface area (TPSA) is 90.9 Å². The Bertz CT molecular complexity index is 1790. The molecule has 0 radical (unpaired) electrons. The van der Waals surface area contributed by atoms with E-state index in [0.717, 1.165) is 33.4 Å². The largest absolute Gasteiger partial charge is 0.497 e. The zero-order chi connectivity index (χ0) is 27.6. The summed E-state index contributed by atoms with van der Waals surface area (Å²) in [5.74, 6) is 1.13. The third kappa shape index (κ3) is 5.09. The van der Waals surface area contributed by atoms with Gasteiger partial charge in [0.2, 0.25) is 0 Å². The number of amides is 1. The van der Waals surface area contributed by atoms with Crippen molar-refractivity contribution in [1.29, 1.82) is 0 Å². The number of likely N-dealkylation sites (N-methyl/N-ethyl adjacent to an activating group) is 1. The number of H-pyrrole nitrogens is 1. The molecular formula is C32H29N5O3. The fourth-order valence-corrected chi connectivity index (χ4v) is 5.19. The predicted octanol–water partition coefficient (Wildman–Crippen LogP) is 4.89. The van der Waals surface area contributed by atoms with Crippen LogP contribution in [0.15, 0.2) is 101 Å². The number of hydrogen-bond acceptors (Lipinski definition) is 6. The molecule has 0 fully saturated rings. The fourth-order valence-electron chi connectivity index (χ4n) is 5.19. The molecule has 0 bridgehead atoms. The number of nitrogens with one attached hydrogen (secondary N) is 1. The Balaban J connectivity index is 1.26. The molecule has 1 unspecified atom stereocenters. The Hall–Kier alpha value is -4.82. The van der Waals surface area contributed by atoms with Gasteiger partial charge in [0.25, 0.3) is 11.5 Å². The lowest BCUT2D eigenvalue weighted by atomic mass is 9.97. The maximum atomic E-state index is 13.7. The van der Waals surface area contributed by atoms with Crippen molar-refractivity contribution in [3.8, 4) is 5.75 Å². The van der Waals surface area contributed by atoms with E-state index in [-0.39, 0.29) is 24.1 Å². The quantitative estimate of drug-likeness (QED) is 0.323. The Kier molecular flexibility index (Phi) is 6.84. The van der Waals surface area contributed by atoms with Crippen LogP contribution in [-0.4, -0.2) is 52.2 Å². The number of hydrazone groups is 1. The SMILES string of the molecule is COc1ccc(C2CC(c3ccc4ccccc4c3)=NN2C(=O)CN(C)Cc2nc3ccccc3c(=O)[nH]2)cc1. The van der Waals surface area contributed by atoms with Crippen LogP contribution in [0.4, 0.5) is 0 Å². The lowest BCUT2D eigenvalue weighted by molar-refractivity contribution is -0.134. The first-order valence-electron chi connectivity index (χ1n) is 13.2. The van der Waals surface area contributed by atoms with E-state index in [0.29, 0.717) is 29.7 Å². The summed E-state index contributed by atoms with van der Waals surface area (Å²) >= 11 is 0. The smallest absolute Gasteiger partial charge is 0.258 e. The molecule has 2 heterocycles. The molecule has 5 aromatic rings. The number of nitrogens with zero attached hydrogens (tertiary/aromatic N) is 4. The number of benzene rings is 4. The minimum atomic E-state index is -0.244. The van der Waals surface area contributed by atoms with E-state index < -0.39 is 0 Å². The van der Waals surface area contributed by atoms with Gasteiger partial charge in [-0.05, 0) is 59.3 Å². The second-order valence-corrected chi connectivity index (χ2v) is 10.0. The number of para-hydroxylation sites is 1. The van der Waals surface area contributed by atoms with Crippen molar-refractivity contribution in [2.24, 2.45) is 5.10 Å². The highest BCUT2D eigenvalue weighted by molar-refractivity contribution is 6.05. The summed E-state index contributed by atoms with van der Waals surface area (Å²) in [6.45, 7) is 0.422. The Morgan fingerprint density at radius 3 is 2.55 bits per heavy atom. The first-order chi connectivity index (χ1) is 19.5. The van der Waals surface area contributed by atoms with Crippen molar-refractivity contribution < 1.29 is 9.53 Å². The Morgan fingerprint density at radius 1 is 1.00 bits per heavy atom. The Morgan fingerprint density at radius 2 is 1.75 bits per heavy atom. The van der Waals surface area contributed by atoms with E-state index in [1.54, 1.807) is 18.2 Å². The van der Waals surface area contributed by atoms with E-state index in [1.807, 2.05) is 66.5 Å². The van der Waals surface area contributed by atoms with Crippen molar-refractivity contribution in [2.75, 3.05) is 20.7 Å². The van der Waals surface area contributed by atoms with Gasteiger partial charge in [0.15, 0.2) is 0 Å². The number of hydrogen-bond donors (Lipinski definition) is 1. The van der Waals surface area contributed by atoms with E-state index in [4.69, 9.17) is 9.84 Å².